The molecule has 17 heavy (non-hydrogen) atoms. The Morgan fingerprint density at radius 1 is 1.00 bits per heavy atom. The van der Waals surface area contributed by atoms with Gasteiger partial charge in [0.05, 0.1) is 0 Å². The van der Waals surface area contributed by atoms with Crippen molar-refractivity contribution < 1.29 is 0 Å². The summed E-state index contributed by atoms with van der Waals surface area (Å²) in [4.78, 5) is 2.43. The first-order valence-electron chi connectivity index (χ1n) is 5.83. The van der Waals surface area contributed by atoms with Gasteiger partial charge in [-0.15, -0.1) is 24.8 Å². The molecule has 0 aliphatic heterocycles. The summed E-state index contributed by atoms with van der Waals surface area (Å²) in [6.07, 6.45) is 0. The lowest BCUT2D eigenvalue weighted by Gasteiger charge is -2.17. The minimum Gasteiger partial charge on any atom is -0.311 e. The SMILES string of the molecule is CCN(CC)CCNCc1ccccc1.Cl.Cl. The summed E-state index contributed by atoms with van der Waals surface area (Å²) in [5.74, 6) is 0. The van der Waals surface area contributed by atoms with E-state index in [1.165, 1.54) is 5.56 Å². The van der Waals surface area contributed by atoms with Crippen molar-refractivity contribution >= 4 is 24.8 Å². The van der Waals surface area contributed by atoms with Crippen LogP contribution in [0.15, 0.2) is 30.3 Å². The third kappa shape index (κ3) is 8.44. The molecule has 0 aromatic heterocycles. The standard InChI is InChI=1S/C13H22N2.2ClH/c1-3-15(4-2)11-10-14-12-13-8-6-5-7-9-13;;/h5-9,14H,3-4,10-12H2,1-2H3;2*1H. The molecule has 1 aromatic carbocycles. The zero-order valence-corrected chi connectivity index (χ0v) is 12.3. The van der Waals surface area contributed by atoms with Crippen molar-refractivity contribution in [3.63, 3.8) is 0 Å². The van der Waals surface area contributed by atoms with Gasteiger partial charge in [0.1, 0.15) is 0 Å². The molecule has 100 valence electrons. The lowest BCUT2D eigenvalue weighted by Crippen LogP contribution is -2.31. The Kier molecular flexibility index (Phi) is 13.7. The zero-order chi connectivity index (χ0) is 10.9. The molecular formula is C13H24Cl2N2. The maximum atomic E-state index is 3.46. The van der Waals surface area contributed by atoms with Gasteiger partial charge in [0.25, 0.3) is 0 Å². The van der Waals surface area contributed by atoms with Gasteiger partial charge in [-0.3, -0.25) is 0 Å². The fourth-order valence-corrected chi connectivity index (χ4v) is 1.61. The van der Waals surface area contributed by atoms with E-state index in [0.717, 1.165) is 32.7 Å². The van der Waals surface area contributed by atoms with Gasteiger partial charge in [0, 0.05) is 19.6 Å². The van der Waals surface area contributed by atoms with Gasteiger partial charge in [-0.2, -0.15) is 0 Å². The van der Waals surface area contributed by atoms with Crippen LogP contribution < -0.4 is 5.32 Å². The average Bonchev–Trinajstić information content (AvgIpc) is 2.31. The summed E-state index contributed by atoms with van der Waals surface area (Å²) in [7, 11) is 0. The molecule has 0 amide bonds. The van der Waals surface area contributed by atoms with E-state index in [9.17, 15) is 0 Å². The largest absolute Gasteiger partial charge is 0.311 e. The molecule has 4 heteroatoms. The molecule has 0 bridgehead atoms. The van der Waals surface area contributed by atoms with Crippen LogP contribution in [0.1, 0.15) is 19.4 Å². The highest BCUT2D eigenvalue weighted by Crippen LogP contribution is 1.96. The Balaban J connectivity index is 0. The Hall–Kier alpha value is -0.280. The van der Waals surface area contributed by atoms with E-state index in [2.05, 4.69) is 54.4 Å². The van der Waals surface area contributed by atoms with Gasteiger partial charge in [0.15, 0.2) is 0 Å². The van der Waals surface area contributed by atoms with E-state index in [0.29, 0.717) is 0 Å². The lowest BCUT2D eigenvalue weighted by molar-refractivity contribution is 0.302. The highest BCUT2D eigenvalue weighted by Gasteiger charge is 1.97. The van der Waals surface area contributed by atoms with Gasteiger partial charge in [-0.25, -0.2) is 0 Å². The van der Waals surface area contributed by atoms with E-state index in [-0.39, 0.29) is 24.8 Å². The van der Waals surface area contributed by atoms with Gasteiger partial charge < -0.3 is 10.2 Å². The third-order valence-corrected chi connectivity index (χ3v) is 2.67. The number of hydrogen-bond acceptors (Lipinski definition) is 2. The molecule has 1 rings (SSSR count). The highest BCUT2D eigenvalue weighted by molar-refractivity contribution is 5.85. The van der Waals surface area contributed by atoms with Gasteiger partial charge in [0.2, 0.25) is 0 Å². The van der Waals surface area contributed by atoms with Crippen molar-refractivity contribution in [2.24, 2.45) is 0 Å². The predicted molar refractivity (Wildman–Crippen MR) is 80.4 cm³/mol. The van der Waals surface area contributed by atoms with Crippen LogP contribution in [0.5, 0.6) is 0 Å². The molecule has 2 nitrogen and oxygen atoms in total. The molecule has 0 radical (unpaired) electrons. The summed E-state index contributed by atoms with van der Waals surface area (Å²) in [6.45, 7) is 9.88. The van der Waals surface area contributed by atoms with Gasteiger partial charge in [-0.1, -0.05) is 44.2 Å². The molecule has 0 spiro atoms. The fourth-order valence-electron chi connectivity index (χ4n) is 1.61. The van der Waals surface area contributed by atoms with Crippen molar-refractivity contribution in [1.29, 1.82) is 0 Å². The number of halogens is 2. The maximum Gasteiger partial charge on any atom is 0.0206 e. The Morgan fingerprint density at radius 2 is 1.59 bits per heavy atom. The summed E-state index contributed by atoms with van der Waals surface area (Å²) in [6, 6.07) is 10.5. The quantitative estimate of drug-likeness (QED) is 0.772. The first-order valence-corrected chi connectivity index (χ1v) is 5.83. The van der Waals surface area contributed by atoms with Crippen molar-refractivity contribution in [3.05, 3.63) is 35.9 Å². The van der Waals surface area contributed by atoms with E-state index in [1.807, 2.05) is 0 Å². The maximum absolute atomic E-state index is 3.46. The van der Waals surface area contributed by atoms with Crippen molar-refractivity contribution in [1.82, 2.24) is 10.2 Å². The predicted octanol–water partition coefficient (Wildman–Crippen LogP) is 2.96. The molecule has 0 heterocycles. The van der Waals surface area contributed by atoms with Crippen LogP contribution in [0.25, 0.3) is 0 Å². The van der Waals surface area contributed by atoms with Gasteiger partial charge in [-0.05, 0) is 18.7 Å². The van der Waals surface area contributed by atoms with Crippen LogP contribution in [-0.2, 0) is 6.54 Å². The molecule has 0 fully saturated rings. The smallest absolute Gasteiger partial charge is 0.0206 e. The Bertz CT molecular complexity index is 251. The Labute approximate surface area is 118 Å². The highest BCUT2D eigenvalue weighted by atomic mass is 35.5. The van der Waals surface area contributed by atoms with Crippen LogP contribution in [0.3, 0.4) is 0 Å². The lowest BCUT2D eigenvalue weighted by atomic mass is 10.2. The van der Waals surface area contributed by atoms with Crippen LogP contribution in [0.4, 0.5) is 0 Å². The van der Waals surface area contributed by atoms with E-state index >= 15 is 0 Å². The van der Waals surface area contributed by atoms with Crippen LogP contribution in [-0.4, -0.2) is 31.1 Å². The first kappa shape index (κ1) is 19.1. The summed E-state index contributed by atoms with van der Waals surface area (Å²) >= 11 is 0. The number of hydrogen-bond donors (Lipinski definition) is 1. The Morgan fingerprint density at radius 3 is 2.12 bits per heavy atom. The fraction of sp³-hybridized carbons (Fsp3) is 0.538. The minimum absolute atomic E-state index is 0. The van der Waals surface area contributed by atoms with E-state index in [1.54, 1.807) is 0 Å². The monoisotopic (exact) mass is 278 g/mol. The minimum atomic E-state index is 0. The third-order valence-electron chi connectivity index (χ3n) is 2.67. The molecule has 0 aliphatic carbocycles. The summed E-state index contributed by atoms with van der Waals surface area (Å²) < 4.78 is 0. The molecule has 0 saturated carbocycles. The normalized spacial score (nSPS) is 9.59. The van der Waals surface area contributed by atoms with E-state index in [4.69, 9.17) is 0 Å². The molecule has 1 N–H and O–H groups in total. The number of likely N-dealkylation sites (N-methyl/N-ethyl adjacent to an activating group) is 1. The number of benzene rings is 1. The number of nitrogens with one attached hydrogen (secondary N) is 1. The van der Waals surface area contributed by atoms with Crippen molar-refractivity contribution in [2.75, 3.05) is 26.2 Å². The zero-order valence-electron chi connectivity index (χ0n) is 10.7. The molecule has 1 aromatic rings. The van der Waals surface area contributed by atoms with Crippen molar-refractivity contribution in [2.45, 2.75) is 20.4 Å². The van der Waals surface area contributed by atoms with Gasteiger partial charge >= 0.3 is 0 Å². The van der Waals surface area contributed by atoms with Crippen LogP contribution in [0, 0.1) is 0 Å². The number of nitrogens with zero attached hydrogens (tertiary/aromatic N) is 1. The molecular weight excluding hydrogens is 255 g/mol. The second-order valence-corrected chi connectivity index (χ2v) is 3.69. The molecule has 0 aliphatic rings. The van der Waals surface area contributed by atoms with Crippen LogP contribution >= 0.6 is 24.8 Å². The first-order chi connectivity index (χ1) is 7.36. The summed E-state index contributed by atoms with van der Waals surface area (Å²) in [5, 5.41) is 3.46. The number of rotatable bonds is 7. The average molecular weight is 279 g/mol. The summed E-state index contributed by atoms with van der Waals surface area (Å²) in [5.41, 5.74) is 1.36. The second-order valence-electron chi connectivity index (χ2n) is 3.69. The van der Waals surface area contributed by atoms with Crippen LogP contribution in [0.2, 0.25) is 0 Å². The van der Waals surface area contributed by atoms with E-state index < -0.39 is 0 Å². The molecule has 0 atom stereocenters. The molecule has 0 unspecified atom stereocenters. The topological polar surface area (TPSA) is 15.3 Å². The molecule has 0 saturated heterocycles. The van der Waals surface area contributed by atoms with Crippen molar-refractivity contribution in [3.8, 4) is 0 Å². The second kappa shape index (κ2) is 12.2.